The van der Waals surface area contributed by atoms with Gasteiger partial charge in [-0.15, -0.1) is 0 Å². The van der Waals surface area contributed by atoms with Crippen LogP contribution in [0.2, 0.25) is 0 Å². The average Bonchev–Trinajstić information content (AvgIpc) is 2.99. The Morgan fingerprint density at radius 1 is 0.587 bits per heavy atom. The molecule has 9 heteroatoms. The molecule has 0 aliphatic rings. The van der Waals surface area contributed by atoms with Gasteiger partial charge in [0.1, 0.15) is 19.3 Å². The van der Waals surface area contributed by atoms with Crippen molar-refractivity contribution in [2.75, 3.05) is 54.1 Å². The van der Waals surface area contributed by atoms with Gasteiger partial charge in [0.15, 0.2) is 0 Å². The van der Waals surface area contributed by atoms with Gasteiger partial charge in [-0.25, -0.2) is 4.57 Å². The fourth-order valence-electron chi connectivity index (χ4n) is 5.38. The standard InChI is InChI=1S/C37H76NO7P/c1-6-8-10-12-14-16-17-18-19-20-21-22-23-25-27-29-32-42-34-36(35-44-46(40,41)43-33-31-38(3,4)5)45-37(39)30-28-26-24-15-13-11-9-7-2/h36H,6-35H2,1-5H3/p+1/t36-/m1/s1. The Labute approximate surface area is 285 Å². The van der Waals surface area contributed by atoms with E-state index in [-0.39, 0.29) is 25.8 Å². The lowest BCUT2D eigenvalue weighted by Gasteiger charge is -2.24. The summed E-state index contributed by atoms with van der Waals surface area (Å²) in [6.45, 7) is 5.62. The lowest BCUT2D eigenvalue weighted by molar-refractivity contribution is -0.870. The van der Waals surface area contributed by atoms with E-state index < -0.39 is 13.9 Å². The number of nitrogens with zero attached hydrogens (tertiary/aromatic N) is 1. The number of unbranched alkanes of at least 4 members (excludes halogenated alkanes) is 22. The molecule has 46 heavy (non-hydrogen) atoms. The van der Waals surface area contributed by atoms with Crippen molar-refractivity contribution < 1.29 is 37.3 Å². The zero-order chi connectivity index (χ0) is 34.2. The van der Waals surface area contributed by atoms with Crippen LogP contribution in [0.5, 0.6) is 0 Å². The number of carbonyl (C=O) groups excluding carboxylic acids is 1. The molecular weight excluding hydrogens is 601 g/mol. The van der Waals surface area contributed by atoms with Crippen LogP contribution >= 0.6 is 7.82 Å². The number of esters is 1. The highest BCUT2D eigenvalue weighted by Crippen LogP contribution is 2.43. The number of rotatable bonds is 36. The molecule has 0 aromatic rings. The fourth-order valence-corrected chi connectivity index (χ4v) is 6.12. The molecule has 0 rings (SSSR count). The van der Waals surface area contributed by atoms with Crippen LogP contribution in [0, 0.1) is 0 Å². The van der Waals surface area contributed by atoms with E-state index in [1.54, 1.807) is 0 Å². The molecule has 0 aromatic heterocycles. The summed E-state index contributed by atoms with van der Waals surface area (Å²) in [4.78, 5) is 22.7. The van der Waals surface area contributed by atoms with Crippen molar-refractivity contribution in [3.05, 3.63) is 0 Å². The van der Waals surface area contributed by atoms with E-state index in [1.807, 2.05) is 21.1 Å². The van der Waals surface area contributed by atoms with E-state index in [9.17, 15) is 14.3 Å². The first-order valence-corrected chi connectivity index (χ1v) is 20.8. The summed E-state index contributed by atoms with van der Waals surface area (Å²) in [5.41, 5.74) is 0. The van der Waals surface area contributed by atoms with Crippen LogP contribution in [0.4, 0.5) is 0 Å². The molecule has 8 nitrogen and oxygen atoms in total. The van der Waals surface area contributed by atoms with Crippen LogP contribution in [0.1, 0.15) is 174 Å². The molecular formula is C37H77NO7P+. The highest BCUT2D eigenvalue weighted by atomic mass is 31.2. The molecule has 0 aliphatic heterocycles. The quantitative estimate of drug-likeness (QED) is 0.0305. The molecule has 0 amide bonds. The Bertz CT molecular complexity index is 716. The Morgan fingerprint density at radius 2 is 1.00 bits per heavy atom. The Hall–Kier alpha value is -0.500. The van der Waals surface area contributed by atoms with Crippen molar-refractivity contribution >= 4 is 13.8 Å². The summed E-state index contributed by atoms with van der Waals surface area (Å²) in [7, 11) is 1.68. The van der Waals surface area contributed by atoms with Gasteiger partial charge in [-0.05, 0) is 12.8 Å². The molecule has 0 aromatic carbocycles. The van der Waals surface area contributed by atoms with Crippen LogP contribution < -0.4 is 0 Å². The summed E-state index contributed by atoms with van der Waals surface area (Å²) >= 11 is 0. The molecule has 0 saturated heterocycles. The van der Waals surface area contributed by atoms with E-state index in [0.29, 0.717) is 24.1 Å². The molecule has 2 atom stereocenters. The highest BCUT2D eigenvalue weighted by molar-refractivity contribution is 7.47. The number of hydrogen-bond donors (Lipinski definition) is 1. The minimum absolute atomic E-state index is 0.0932. The molecule has 1 N–H and O–H groups in total. The maximum atomic E-state index is 12.5. The van der Waals surface area contributed by atoms with E-state index >= 15 is 0 Å². The van der Waals surface area contributed by atoms with Crippen molar-refractivity contribution in [1.29, 1.82) is 0 Å². The fraction of sp³-hybridized carbons (Fsp3) is 0.973. The second kappa shape index (κ2) is 31.7. The van der Waals surface area contributed by atoms with Gasteiger partial charge in [-0.2, -0.15) is 0 Å². The first-order valence-electron chi connectivity index (χ1n) is 19.3. The molecule has 276 valence electrons. The number of phosphoric ester groups is 1. The predicted molar refractivity (Wildman–Crippen MR) is 192 cm³/mol. The number of phosphoric acid groups is 1. The van der Waals surface area contributed by atoms with Crippen molar-refractivity contribution in [3.8, 4) is 0 Å². The van der Waals surface area contributed by atoms with Crippen molar-refractivity contribution in [1.82, 2.24) is 0 Å². The Morgan fingerprint density at radius 3 is 1.43 bits per heavy atom. The van der Waals surface area contributed by atoms with Gasteiger partial charge >= 0.3 is 13.8 Å². The summed E-state index contributed by atoms with van der Waals surface area (Å²) < 4.78 is 34.8. The van der Waals surface area contributed by atoms with Crippen LogP contribution in [0.15, 0.2) is 0 Å². The van der Waals surface area contributed by atoms with Gasteiger partial charge in [-0.1, -0.05) is 155 Å². The molecule has 0 fully saturated rings. The van der Waals surface area contributed by atoms with Crippen molar-refractivity contribution in [3.63, 3.8) is 0 Å². The molecule has 0 aliphatic carbocycles. The number of likely N-dealkylation sites (N-methyl/N-ethyl adjacent to an activating group) is 1. The van der Waals surface area contributed by atoms with E-state index in [1.165, 1.54) is 122 Å². The van der Waals surface area contributed by atoms with Crippen LogP contribution in [0.3, 0.4) is 0 Å². The minimum atomic E-state index is -4.25. The van der Waals surface area contributed by atoms with Crippen LogP contribution in [0.25, 0.3) is 0 Å². The van der Waals surface area contributed by atoms with Crippen molar-refractivity contribution in [2.24, 2.45) is 0 Å². The summed E-state index contributed by atoms with van der Waals surface area (Å²) in [6, 6.07) is 0. The van der Waals surface area contributed by atoms with Gasteiger partial charge in [-0.3, -0.25) is 13.8 Å². The lowest BCUT2D eigenvalue weighted by Crippen LogP contribution is -2.37. The minimum Gasteiger partial charge on any atom is -0.457 e. The van der Waals surface area contributed by atoms with Crippen molar-refractivity contribution in [2.45, 2.75) is 180 Å². The largest absolute Gasteiger partial charge is 0.472 e. The normalized spacial score (nSPS) is 14.0. The number of quaternary nitrogens is 1. The first-order chi connectivity index (χ1) is 22.1. The zero-order valence-electron chi connectivity index (χ0n) is 31.1. The zero-order valence-corrected chi connectivity index (χ0v) is 32.0. The summed E-state index contributed by atoms with van der Waals surface area (Å²) in [6.07, 6.45) is 29.9. The SMILES string of the molecule is CCCCCCCCCCCCCCCCCCOC[C@H](COP(=O)(O)OCC[N+](C)(C)C)OC(=O)CCCCCCCCCC. The third kappa shape index (κ3) is 34.8. The van der Waals surface area contributed by atoms with Gasteiger partial charge in [0.2, 0.25) is 0 Å². The third-order valence-corrected chi connectivity index (χ3v) is 9.40. The topological polar surface area (TPSA) is 91.3 Å². The van der Waals surface area contributed by atoms with Gasteiger partial charge in [0.25, 0.3) is 0 Å². The van der Waals surface area contributed by atoms with Crippen LogP contribution in [-0.2, 0) is 27.9 Å². The van der Waals surface area contributed by atoms with Gasteiger partial charge in [0.05, 0.1) is 34.4 Å². The average molecular weight is 679 g/mol. The maximum absolute atomic E-state index is 12.5. The summed E-state index contributed by atoms with van der Waals surface area (Å²) in [5.74, 6) is -0.315. The molecule has 0 heterocycles. The van der Waals surface area contributed by atoms with Gasteiger partial charge in [0, 0.05) is 13.0 Å². The van der Waals surface area contributed by atoms with Gasteiger partial charge < -0.3 is 18.9 Å². The number of hydrogen-bond acceptors (Lipinski definition) is 6. The monoisotopic (exact) mass is 679 g/mol. The predicted octanol–water partition coefficient (Wildman–Crippen LogP) is 10.5. The molecule has 0 spiro atoms. The summed E-state index contributed by atoms with van der Waals surface area (Å²) in [5, 5.41) is 0. The highest BCUT2D eigenvalue weighted by Gasteiger charge is 2.26. The molecule has 0 saturated carbocycles. The molecule has 0 bridgehead atoms. The molecule has 1 unspecified atom stereocenters. The maximum Gasteiger partial charge on any atom is 0.472 e. The second-order valence-corrected chi connectivity index (χ2v) is 15.8. The van der Waals surface area contributed by atoms with Crippen LogP contribution in [-0.4, -0.2) is 75.6 Å². The van der Waals surface area contributed by atoms with E-state index in [0.717, 1.165) is 32.1 Å². The molecule has 0 radical (unpaired) electrons. The third-order valence-electron chi connectivity index (χ3n) is 8.42. The first kappa shape index (κ1) is 45.5. The smallest absolute Gasteiger partial charge is 0.457 e. The lowest BCUT2D eigenvalue weighted by atomic mass is 10.0. The Balaban J connectivity index is 4.17. The number of ether oxygens (including phenoxy) is 2. The second-order valence-electron chi connectivity index (χ2n) is 14.3. The Kier molecular flexibility index (Phi) is 31.4. The number of carbonyl (C=O) groups is 1. The van der Waals surface area contributed by atoms with E-state index in [2.05, 4.69) is 13.8 Å². The van der Waals surface area contributed by atoms with E-state index in [4.69, 9.17) is 18.5 Å².